The minimum Gasteiger partial charge on any atom is -0.399 e. The first kappa shape index (κ1) is 11.0. The first-order chi connectivity index (χ1) is 8.72. The highest BCUT2D eigenvalue weighted by molar-refractivity contribution is 7.98. The monoisotopic (exact) mass is 261 g/mol. The summed E-state index contributed by atoms with van der Waals surface area (Å²) in [5.41, 5.74) is 8.31. The van der Waals surface area contributed by atoms with Crippen LogP contribution in [0, 0.1) is 0 Å². The quantitative estimate of drug-likeness (QED) is 0.538. The molecule has 0 saturated carbocycles. The smallest absolute Gasteiger partial charge is 0.209 e. The van der Waals surface area contributed by atoms with Gasteiger partial charge in [0, 0.05) is 12.7 Å². The number of nitrogens with zero attached hydrogens (tertiary/aromatic N) is 5. The van der Waals surface area contributed by atoms with Gasteiger partial charge in [-0.05, 0) is 28.6 Å². The van der Waals surface area contributed by atoms with E-state index in [-0.39, 0.29) is 0 Å². The number of rotatable bonds is 3. The van der Waals surface area contributed by atoms with Crippen LogP contribution in [0.25, 0.3) is 11.0 Å². The van der Waals surface area contributed by atoms with Crippen molar-refractivity contribution in [1.82, 2.24) is 30.2 Å². The zero-order valence-corrected chi connectivity index (χ0v) is 10.5. The van der Waals surface area contributed by atoms with Gasteiger partial charge >= 0.3 is 0 Å². The number of H-pyrrole nitrogens is 1. The molecule has 3 rings (SSSR count). The van der Waals surface area contributed by atoms with Crippen molar-refractivity contribution in [2.45, 2.75) is 10.9 Å². The van der Waals surface area contributed by atoms with Crippen LogP contribution in [0.2, 0.25) is 0 Å². The molecule has 2 heterocycles. The van der Waals surface area contributed by atoms with Crippen molar-refractivity contribution >= 4 is 28.5 Å². The molecule has 0 aliphatic rings. The van der Waals surface area contributed by atoms with E-state index in [0.29, 0.717) is 5.75 Å². The molecule has 0 aliphatic carbocycles. The number of nitrogens with one attached hydrogen (secondary N) is 1. The topological polar surface area (TPSA) is 98.3 Å². The average molecular weight is 261 g/mol. The summed E-state index contributed by atoms with van der Waals surface area (Å²) in [7, 11) is 1.81. The van der Waals surface area contributed by atoms with E-state index >= 15 is 0 Å². The maximum Gasteiger partial charge on any atom is 0.209 e. The van der Waals surface area contributed by atoms with Crippen molar-refractivity contribution in [3.05, 3.63) is 24.0 Å². The zero-order chi connectivity index (χ0) is 12.5. The second-order valence-electron chi connectivity index (χ2n) is 3.83. The molecule has 0 aliphatic heterocycles. The molecule has 0 unspecified atom stereocenters. The lowest BCUT2D eigenvalue weighted by atomic mass is 10.3. The Labute approximate surface area is 107 Å². The van der Waals surface area contributed by atoms with E-state index in [9.17, 15) is 0 Å². The van der Waals surface area contributed by atoms with Gasteiger partial charge in [0.2, 0.25) is 5.16 Å². The number of aromatic nitrogens is 6. The normalized spacial score (nSPS) is 11.2. The first-order valence-electron chi connectivity index (χ1n) is 5.31. The highest BCUT2D eigenvalue weighted by Crippen LogP contribution is 2.20. The van der Waals surface area contributed by atoms with Crippen LogP contribution in [0.3, 0.4) is 0 Å². The van der Waals surface area contributed by atoms with Gasteiger partial charge in [-0.25, -0.2) is 9.67 Å². The molecule has 0 amide bonds. The Balaban J connectivity index is 1.81. The number of aromatic amines is 1. The van der Waals surface area contributed by atoms with Crippen LogP contribution in [-0.2, 0) is 12.8 Å². The fourth-order valence-corrected chi connectivity index (χ4v) is 2.34. The Kier molecular flexibility index (Phi) is 2.63. The fraction of sp³-hybridized carbons (Fsp3) is 0.200. The summed E-state index contributed by atoms with van der Waals surface area (Å²) >= 11 is 1.53. The number of aryl methyl sites for hydroxylation is 1. The number of benzene rings is 1. The van der Waals surface area contributed by atoms with Crippen molar-refractivity contribution in [3.8, 4) is 0 Å². The van der Waals surface area contributed by atoms with Gasteiger partial charge < -0.3 is 10.7 Å². The molecule has 8 heteroatoms. The summed E-state index contributed by atoms with van der Waals surface area (Å²) in [5.74, 6) is 1.56. The summed E-state index contributed by atoms with van der Waals surface area (Å²) in [6, 6.07) is 5.62. The molecule has 3 N–H and O–H groups in total. The molecule has 18 heavy (non-hydrogen) atoms. The minimum atomic E-state index is 0.683. The number of anilines is 1. The van der Waals surface area contributed by atoms with Gasteiger partial charge in [0.15, 0.2) is 0 Å². The standard InChI is InChI=1S/C10H11N7S/c1-17-10(14-15-16-17)18-5-9-12-7-3-2-6(11)4-8(7)13-9/h2-4H,5,11H2,1H3,(H,12,13). The third kappa shape index (κ3) is 2.02. The Morgan fingerprint density at radius 1 is 1.44 bits per heavy atom. The number of tetrazole rings is 1. The van der Waals surface area contributed by atoms with Gasteiger partial charge in [-0.1, -0.05) is 11.8 Å². The van der Waals surface area contributed by atoms with E-state index in [1.54, 1.807) is 4.68 Å². The number of thioether (sulfide) groups is 1. The summed E-state index contributed by atoms with van der Waals surface area (Å²) in [6.45, 7) is 0. The van der Waals surface area contributed by atoms with Gasteiger partial charge in [-0.3, -0.25) is 0 Å². The maximum atomic E-state index is 5.72. The molecule has 0 radical (unpaired) electrons. The fourth-order valence-electron chi connectivity index (χ4n) is 1.62. The van der Waals surface area contributed by atoms with E-state index in [1.807, 2.05) is 25.2 Å². The van der Waals surface area contributed by atoms with Crippen LogP contribution in [0.5, 0.6) is 0 Å². The maximum absolute atomic E-state index is 5.72. The van der Waals surface area contributed by atoms with Crippen LogP contribution >= 0.6 is 11.8 Å². The summed E-state index contributed by atoms with van der Waals surface area (Å²) in [6.07, 6.45) is 0. The van der Waals surface area contributed by atoms with Crippen LogP contribution in [-0.4, -0.2) is 30.2 Å². The molecule has 0 saturated heterocycles. The Bertz CT molecular complexity index is 686. The van der Waals surface area contributed by atoms with Gasteiger partial charge in [-0.15, -0.1) is 5.10 Å². The molecule has 3 aromatic rings. The second-order valence-corrected chi connectivity index (χ2v) is 4.78. The average Bonchev–Trinajstić information content (AvgIpc) is 2.92. The predicted molar refractivity (Wildman–Crippen MR) is 68.9 cm³/mol. The molecule has 0 atom stereocenters. The van der Waals surface area contributed by atoms with E-state index in [4.69, 9.17) is 5.73 Å². The third-order valence-electron chi connectivity index (χ3n) is 2.47. The molecule has 0 fully saturated rings. The highest BCUT2D eigenvalue weighted by Gasteiger charge is 2.07. The molecule has 7 nitrogen and oxygen atoms in total. The van der Waals surface area contributed by atoms with Gasteiger partial charge in [0.1, 0.15) is 5.82 Å². The lowest BCUT2D eigenvalue weighted by molar-refractivity contribution is 0.664. The zero-order valence-electron chi connectivity index (χ0n) is 9.66. The molecule has 92 valence electrons. The molecule has 0 spiro atoms. The van der Waals surface area contributed by atoms with Crippen molar-refractivity contribution in [3.63, 3.8) is 0 Å². The van der Waals surface area contributed by atoms with Crippen molar-refractivity contribution in [1.29, 1.82) is 0 Å². The largest absolute Gasteiger partial charge is 0.399 e. The SMILES string of the molecule is Cn1nnnc1SCc1nc2ccc(N)cc2[nH]1. The molecule has 1 aromatic carbocycles. The number of hydrogen-bond acceptors (Lipinski definition) is 6. The third-order valence-corrected chi connectivity index (χ3v) is 3.50. The summed E-state index contributed by atoms with van der Waals surface area (Å²) in [4.78, 5) is 7.70. The Morgan fingerprint density at radius 3 is 3.11 bits per heavy atom. The molecular formula is C10H11N7S. The van der Waals surface area contributed by atoms with E-state index in [1.165, 1.54) is 11.8 Å². The lowest BCUT2D eigenvalue weighted by Crippen LogP contribution is -1.93. The number of nitrogen functional groups attached to an aromatic ring is 1. The van der Waals surface area contributed by atoms with Crippen molar-refractivity contribution in [2.24, 2.45) is 7.05 Å². The number of fused-ring (bicyclic) bond motifs is 1. The summed E-state index contributed by atoms with van der Waals surface area (Å²) in [5, 5.41) is 12.0. The Hall–Kier alpha value is -2.09. The van der Waals surface area contributed by atoms with Gasteiger partial charge in [-0.2, -0.15) is 0 Å². The highest BCUT2D eigenvalue weighted by atomic mass is 32.2. The van der Waals surface area contributed by atoms with Crippen LogP contribution in [0.15, 0.2) is 23.4 Å². The Morgan fingerprint density at radius 2 is 2.33 bits per heavy atom. The van der Waals surface area contributed by atoms with Gasteiger partial charge in [0.25, 0.3) is 0 Å². The molecular weight excluding hydrogens is 250 g/mol. The minimum absolute atomic E-state index is 0.683. The second kappa shape index (κ2) is 4.30. The van der Waals surface area contributed by atoms with E-state index in [0.717, 1.165) is 27.7 Å². The number of imidazole rings is 1. The van der Waals surface area contributed by atoms with Crippen molar-refractivity contribution in [2.75, 3.05) is 5.73 Å². The summed E-state index contributed by atoms with van der Waals surface area (Å²) < 4.78 is 1.63. The van der Waals surface area contributed by atoms with Crippen LogP contribution in [0.1, 0.15) is 5.82 Å². The van der Waals surface area contributed by atoms with Gasteiger partial charge in [0.05, 0.1) is 16.8 Å². The number of hydrogen-bond donors (Lipinski definition) is 2. The van der Waals surface area contributed by atoms with E-state index in [2.05, 4.69) is 25.5 Å². The number of nitrogens with two attached hydrogens (primary N) is 1. The van der Waals surface area contributed by atoms with E-state index < -0.39 is 0 Å². The van der Waals surface area contributed by atoms with Crippen molar-refractivity contribution < 1.29 is 0 Å². The van der Waals surface area contributed by atoms with Crippen LogP contribution in [0.4, 0.5) is 5.69 Å². The molecule has 2 aromatic heterocycles. The van der Waals surface area contributed by atoms with Crippen LogP contribution < -0.4 is 5.73 Å². The first-order valence-corrected chi connectivity index (χ1v) is 6.30. The lowest BCUT2D eigenvalue weighted by Gasteiger charge is -1.95. The predicted octanol–water partition coefficient (Wildman–Crippen LogP) is 0.961. The molecule has 0 bridgehead atoms.